The highest BCUT2D eigenvalue weighted by Gasteiger charge is 2.16. The minimum atomic E-state index is 0.366. The van der Waals surface area contributed by atoms with Crippen molar-refractivity contribution in [3.05, 3.63) is 35.4 Å². The number of hydrogen-bond donors (Lipinski definition) is 0. The third-order valence-electron chi connectivity index (χ3n) is 2.38. The molecule has 1 nitrogen and oxygen atoms in total. The SMILES string of the molecule is Cc1ccc([C@@H]2CCCO2)cc1. The Morgan fingerprint density at radius 3 is 2.58 bits per heavy atom. The van der Waals surface area contributed by atoms with Gasteiger partial charge in [0, 0.05) is 6.61 Å². The zero-order valence-corrected chi connectivity index (χ0v) is 7.42. The quantitative estimate of drug-likeness (QED) is 0.617. The molecule has 0 spiro atoms. The Labute approximate surface area is 73.4 Å². The van der Waals surface area contributed by atoms with Crippen LogP contribution in [0.4, 0.5) is 0 Å². The van der Waals surface area contributed by atoms with E-state index in [2.05, 4.69) is 31.2 Å². The summed E-state index contributed by atoms with van der Waals surface area (Å²) < 4.78 is 5.58. The Bertz CT molecular complexity index is 244. The molecule has 12 heavy (non-hydrogen) atoms. The molecule has 0 radical (unpaired) electrons. The van der Waals surface area contributed by atoms with Crippen molar-refractivity contribution < 1.29 is 4.74 Å². The van der Waals surface area contributed by atoms with Crippen LogP contribution in [0.3, 0.4) is 0 Å². The molecule has 0 aromatic heterocycles. The third-order valence-corrected chi connectivity index (χ3v) is 2.38. The Balaban J connectivity index is 2.17. The smallest absolute Gasteiger partial charge is 0.0825 e. The summed E-state index contributed by atoms with van der Waals surface area (Å²) in [6.07, 6.45) is 2.76. The Kier molecular flexibility index (Phi) is 2.13. The highest BCUT2D eigenvalue weighted by Crippen LogP contribution is 2.28. The van der Waals surface area contributed by atoms with E-state index in [0.717, 1.165) is 6.61 Å². The molecule has 0 bridgehead atoms. The first-order chi connectivity index (χ1) is 5.86. The van der Waals surface area contributed by atoms with Crippen LogP contribution >= 0.6 is 0 Å². The monoisotopic (exact) mass is 162 g/mol. The molecule has 0 unspecified atom stereocenters. The molecule has 0 aliphatic carbocycles. The van der Waals surface area contributed by atoms with Crippen molar-refractivity contribution in [2.75, 3.05) is 6.61 Å². The number of ether oxygens (including phenoxy) is 1. The van der Waals surface area contributed by atoms with Gasteiger partial charge in [-0.1, -0.05) is 29.8 Å². The number of aryl methyl sites for hydroxylation is 1. The molecule has 1 aromatic rings. The van der Waals surface area contributed by atoms with Crippen LogP contribution in [-0.4, -0.2) is 6.61 Å². The fourth-order valence-corrected chi connectivity index (χ4v) is 1.62. The van der Waals surface area contributed by atoms with Crippen molar-refractivity contribution in [3.63, 3.8) is 0 Å². The van der Waals surface area contributed by atoms with Crippen molar-refractivity contribution in [2.45, 2.75) is 25.9 Å². The molecule has 0 saturated carbocycles. The predicted octanol–water partition coefficient (Wildman–Crippen LogP) is 2.85. The van der Waals surface area contributed by atoms with Crippen molar-refractivity contribution in [1.82, 2.24) is 0 Å². The number of benzene rings is 1. The fourth-order valence-electron chi connectivity index (χ4n) is 1.62. The average molecular weight is 162 g/mol. The molecule has 0 N–H and O–H groups in total. The summed E-state index contributed by atoms with van der Waals surface area (Å²) in [6, 6.07) is 8.64. The van der Waals surface area contributed by atoms with Gasteiger partial charge in [0.05, 0.1) is 6.10 Å². The lowest BCUT2D eigenvalue weighted by Crippen LogP contribution is -1.94. The Morgan fingerprint density at radius 1 is 1.25 bits per heavy atom. The maximum Gasteiger partial charge on any atom is 0.0825 e. The van der Waals surface area contributed by atoms with Crippen LogP contribution in [0.2, 0.25) is 0 Å². The molecule has 1 aliphatic heterocycles. The average Bonchev–Trinajstić information content (AvgIpc) is 2.58. The number of rotatable bonds is 1. The first-order valence-corrected chi connectivity index (χ1v) is 4.54. The highest BCUT2D eigenvalue weighted by molar-refractivity contribution is 5.23. The molecule has 1 aliphatic rings. The van der Waals surface area contributed by atoms with E-state index >= 15 is 0 Å². The molecule has 64 valence electrons. The van der Waals surface area contributed by atoms with Crippen LogP contribution < -0.4 is 0 Å². The van der Waals surface area contributed by atoms with Crippen LogP contribution in [0.25, 0.3) is 0 Å². The largest absolute Gasteiger partial charge is 0.374 e. The summed E-state index contributed by atoms with van der Waals surface area (Å²) in [7, 11) is 0. The van der Waals surface area contributed by atoms with Crippen LogP contribution in [-0.2, 0) is 4.74 Å². The maximum atomic E-state index is 5.58. The Hall–Kier alpha value is -0.820. The molecule has 1 saturated heterocycles. The van der Waals surface area contributed by atoms with E-state index in [1.165, 1.54) is 24.0 Å². The second kappa shape index (κ2) is 3.28. The molecule has 2 rings (SSSR count). The van der Waals surface area contributed by atoms with Gasteiger partial charge < -0.3 is 4.74 Å². The van der Waals surface area contributed by atoms with Crippen molar-refractivity contribution in [2.24, 2.45) is 0 Å². The zero-order valence-electron chi connectivity index (χ0n) is 7.42. The van der Waals surface area contributed by atoms with E-state index in [0.29, 0.717) is 6.10 Å². The molecule has 1 heterocycles. The van der Waals surface area contributed by atoms with Gasteiger partial charge in [-0.05, 0) is 25.3 Å². The van der Waals surface area contributed by atoms with E-state index in [9.17, 15) is 0 Å². The maximum absolute atomic E-state index is 5.58. The predicted molar refractivity (Wildman–Crippen MR) is 49.1 cm³/mol. The van der Waals surface area contributed by atoms with Gasteiger partial charge >= 0.3 is 0 Å². The summed E-state index contributed by atoms with van der Waals surface area (Å²) in [4.78, 5) is 0. The summed E-state index contributed by atoms with van der Waals surface area (Å²) in [5.74, 6) is 0. The van der Waals surface area contributed by atoms with Gasteiger partial charge in [0.25, 0.3) is 0 Å². The van der Waals surface area contributed by atoms with Gasteiger partial charge in [0.15, 0.2) is 0 Å². The van der Waals surface area contributed by atoms with Crippen LogP contribution in [0, 0.1) is 6.92 Å². The summed E-state index contributed by atoms with van der Waals surface area (Å²) in [6.45, 7) is 3.04. The Morgan fingerprint density at radius 2 is 2.00 bits per heavy atom. The topological polar surface area (TPSA) is 9.23 Å². The molecule has 1 atom stereocenters. The lowest BCUT2D eigenvalue weighted by molar-refractivity contribution is 0.112. The minimum Gasteiger partial charge on any atom is -0.374 e. The normalized spacial score (nSPS) is 22.9. The van der Waals surface area contributed by atoms with Crippen LogP contribution in [0.15, 0.2) is 24.3 Å². The molecular formula is C11H14O. The van der Waals surface area contributed by atoms with Gasteiger partial charge in [0.1, 0.15) is 0 Å². The third kappa shape index (κ3) is 1.51. The van der Waals surface area contributed by atoms with Gasteiger partial charge in [-0.25, -0.2) is 0 Å². The second-order valence-electron chi connectivity index (χ2n) is 3.41. The van der Waals surface area contributed by atoms with Gasteiger partial charge in [0.2, 0.25) is 0 Å². The van der Waals surface area contributed by atoms with E-state index in [-0.39, 0.29) is 0 Å². The first-order valence-electron chi connectivity index (χ1n) is 4.54. The first kappa shape index (κ1) is 7.81. The van der Waals surface area contributed by atoms with Crippen molar-refractivity contribution in [1.29, 1.82) is 0 Å². The lowest BCUT2D eigenvalue weighted by Gasteiger charge is -2.08. The highest BCUT2D eigenvalue weighted by atomic mass is 16.5. The van der Waals surface area contributed by atoms with Crippen molar-refractivity contribution >= 4 is 0 Å². The van der Waals surface area contributed by atoms with Gasteiger partial charge in [-0.2, -0.15) is 0 Å². The van der Waals surface area contributed by atoms with Crippen LogP contribution in [0.5, 0.6) is 0 Å². The van der Waals surface area contributed by atoms with Gasteiger partial charge in [-0.3, -0.25) is 0 Å². The summed E-state index contributed by atoms with van der Waals surface area (Å²) >= 11 is 0. The molecule has 0 amide bonds. The lowest BCUT2D eigenvalue weighted by atomic mass is 10.1. The van der Waals surface area contributed by atoms with E-state index < -0.39 is 0 Å². The molecule has 1 heteroatoms. The molecule has 1 fully saturated rings. The fraction of sp³-hybridized carbons (Fsp3) is 0.455. The second-order valence-corrected chi connectivity index (χ2v) is 3.41. The number of hydrogen-bond acceptors (Lipinski definition) is 1. The minimum absolute atomic E-state index is 0.366. The van der Waals surface area contributed by atoms with E-state index in [1.54, 1.807) is 0 Å². The van der Waals surface area contributed by atoms with Crippen LogP contribution in [0.1, 0.15) is 30.1 Å². The van der Waals surface area contributed by atoms with Crippen molar-refractivity contribution in [3.8, 4) is 0 Å². The van der Waals surface area contributed by atoms with E-state index in [1.807, 2.05) is 0 Å². The van der Waals surface area contributed by atoms with Gasteiger partial charge in [-0.15, -0.1) is 0 Å². The summed E-state index contributed by atoms with van der Waals surface area (Å²) in [5.41, 5.74) is 2.65. The zero-order chi connectivity index (χ0) is 8.39. The summed E-state index contributed by atoms with van der Waals surface area (Å²) in [5, 5.41) is 0. The molecule has 1 aromatic carbocycles. The van der Waals surface area contributed by atoms with E-state index in [4.69, 9.17) is 4.74 Å². The standard InChI is InChI=1S/C11H14O/c1-9-4-6-10(7-5-9)11-3-2-8-12-11/h4-7,11H,2-3,8H2,1H3/t11-/m0/s1. The molecular weight excluding hydrogens is 148 g/mol.